The van der Waals surface area contributed by atoms with Gasteiger partial charge in [0.15, 0.2) is 0 Å². The van der Waals surface area contributed by atoms with Gasteiger partial charge in [-0.3, -0.25) is 0 Å². The molecule has 5 aromatic rings. The number of aryl methyl sites for hydroxylation is 1. The molecule has 0 bridgehead atoms. The van der Waals surface area contributed by atoms with E-state index in [1.54, 1.807) is 18.2 Å². The summed E-state index contributed by atoms with van der Waals surface area (Å²) in [6.07, 6.45) is 0. The third kappa shape index (κ3) is 3.31. The van der Waals surface area contributed by atoms with E-state index in [-0.39, 0.29) is 5.56 Å². The molecule has 0 fully saturated rings. The molecule has 0 aliphatic carbocycles. The Bertz CT molecular complexity index is 1440. The van der Waals surface area contributed by atoms with Crippen LogP contribution < -0.4 is 0 Å². The smallest absolute Gasteiger partial charge is 0.335 e. The first kappa shape index (κ1) is 18.1. The molecule has 3 heteroatoms. The minimum Gasteiger partial charge on any atom is -0.478 e. The number of carboxylic acids is 1. The third-order valence-corrected chi connectivity index (χ3v) is 5.41. The molecule has 5 rings (SSSR count). The van der Waals surface area contributed by atoms with Crippen molar-refractivity contribution in [3.63, 3.8) is 0 Å². The monoisotopic (exact) mass is 389 g/mol. The van der Waals surface area contributed by atoms with Crippen molar-refractivity contribution in [2.45, 2.75) is 6.92 Å². The van der Waals surface area contributed by atoms with Gasteiger partial charge in [0.1, 0.15) is 0 Å². The number of rotatable bonds is 3. The first-order valence-electron chi connectivity index (χ1n) is 9.82. The van der Waals surface area contributed by atoms with Gasteiger partial charge in [0.05, 0.1) is 16.6 Å². The minimum absolute atomic E-state index is 0.280. The SMILES string of the molecule is Cc1cccc(-c2ccc3cc4ccc(-c5cccc(C(=O)O)c5)cc4nc3c2)c1. The van der Waals surface area contributed by atoms with Crippen LogP contribution >= 0.6 is 0 Å². The molecule has 0 aliphatic rings. The van der Waals surface area contributed by atoms with Crippen LogP contribution in [-0.4, -0.2) is 16.1 Å². The number of benzene rings is 4. The van der Waals surface area contributed by atoms with E-state index < -0.39 is 5.97 Å². The summed E-state index contributed by atoms with van der Waals surface area (Å²) in [6, 6.07) is 30.0. The number of hydrogen-bond acceptors (Lipinski definition) is 2. The fourth-order valence-electron chi connectivity index (χ4n) is 3.84. The zero-order valence-electron chi connectivity index (χ0n) is 16.5. The minimum atomic E-state index is -0.926. The highest BCUT2D eigenvalue weighted by atomic mass is 16.4. The number of aromatic carboxylic acids is 1. The molecule has 0 atom stereocenters. The van der Waals surface area contributed by atoms with Crippen LogP contribution in [0.15, 0.2) is 91.0 Å². The number of carbonyl (C=O) groups is 1. The molecule has 3 nitrogen and oxygen atoms in total. The topological polar surface area (TPSA) is 50.2 Å². The quantitative estimate of drug-likeness (QED) is 0.348. The lowest BCUT2D eigenvalue weighted by molar-refractivity contribution is 0.0697. The van der Waals surface area contributed by atoms with E-state index in [0.717, 1.165) is 38.5 Å². The number of nitrogens with zero attached hydrogens (tertiary/aromatic N) is 1. The van der Waals surface area contributed by atoms with Gasteiger partial charge < -0.3 is 5.11 Å². The summed E-state index contributed by atoms with van der Waals surface area (Å²) in [5, 5.41) is 11.4. The second kappa shape index (κ2) is 7.12. The maximum atomic E-state index is 11.3. The number of fused-ring (bicyclic) bond motifs is 2. The Hall–Kier alpha value is -3.98. The zero-order chi connectivity index (χ0) is 20.7. The fourth-order valence-corrected chi connectivity index (χ4v) is 3.84. The van der Waals surface area contributed by atoms with E-state index in [9.17, 15) is 9.90 Å². The Morgan fingerprint density at radius 2 is 1.23 bits per heavy atom. The molecule has 0 amide bonds. The first-order chi connectivity index (χ1) is 14.6. The summed E-state index contributed by atoms with van der Waals surface area (Å²) in [6.45, 7) is 2.09. The Morgan fingerprint density at radius 1 is 0.667 bits per heavy atom. The first-order valence-corrected chi connectivity index (χ1v) is 9.82. The van der Waals surface area contributed by atoms with Crippen molar-refractivity contribution >= 4 is 27.8 Å². The van der Waals surface area contributed by atoms with Crippen LogP contribution in [0, 0.1) is 6.92 Å². The van der Waals surface area contributed by atoms with Crippen molar-refractivity contribution in [2.24, 2.45) is 0 Å². The Morgan fingerprint density at radius 3 is 1.83 bits per heavy atom. The van der Waals surface area contributed by atoms with Crippen LogP contribution in [0.4, 0.5) is 0 Å². The highest BCUT2D eigenvalue weighted by Gasteiger charge is 2.08. The Kier molecular flexibility index (Phi) is 4.29. The maximum Gasteiger partial charge on any atom is 0.335 e. The van der Waals surface area contributed by atoms with Gasteiger partial charge >= 0.3 is 5.97 Å². The summed E-state index contributed by atoms with van der Waals surface area (Å²) in [5.41, 5.74) is 7.48. The molecular weight excluding hydrogens is 370 g/mol. The van der Waals surface area contributed by atoms with Crippen molar-refractivity contribution in [3.05, 3.63) is 102 Å². The predicted molar refractivity (Wildman–Crippen MR) is 122 cm³/mol. The molecule has 1 N–H and O–H groups in total. The van der Waals surface area contributed by atoms with Crippen LogP contribution in [0.2, 0.25) is 0 Å². The second-order valence-electron chi connectivity index (χ2n) is 7.56. The molecule has 0 aliphatic heterocycles. The average Bonchev–Trinajstić information content (AvgIpc) is 2.77. The average molecular weight is 389 g/mol. The van der Waals surface area contributed by atoms with Crippen molar-refractivity contribution in [1.29, 1.82) is 0 Å². The molecule has 0 radical (unpaired) electrons. The van der Waals surface area contributed by atoms with Crippen LogP contribution in [0.25, 0.3) is 44.1 Å². The predicted octanol–water partition coefficient (Wildman–Crippen LogP) is 6.73. The number of pyridine rings is 1. The fraction of sp³-hybridized carbons (Fsp3) is 0.0370. The zero-order valence-corrected chi connectivity index (χ0v) is 16.5. The molecule has 1 aromatic heterocycles. The van der Waals surface area contributed by atoms with Crippen molar-refractivity contribution in [2.75, 3.05) is 0 Å². The van der Waals surface area contributed by atoms with Gasteiger partial charge in [-0.05, 0) is 59.5 Å². The summed E-state index contributed by atoms with van der Waals surface area (Å²) >= 11 is 0. The van der Waals surface area contributed by atoms with E-state index in [0.29, 0.717) is 0 Å². The van der Waals surface area contributed by atoms with Crippen molar-refractivity contribution in [1.82, 2.24) is 4.98 Å². The van der Waals surface area contributed by atoms with Crippen LogP contribution in [0.5, 0.6) is 0 Å². The molecule has 0 unspecified atom stereocenters. The van der Waals surface area contributed by atoms with Crippen molar-refractivity contribution < 1.29 is 9.90 Å². The number of carboxylic acid groups (broad SMARTS) is 1. The standard InChI is InChI=1S/C27H19NO2/c1-17-4-2-5-18(12-17)20-8-10-22-14-23-11-9-21(16-26(23)28-25(22)15-20)19-6-3-7-24(13-19)27(29)30/h2-16H,1H3,(H,29,30). The molecule has 4 aromatic carbocycles. The summed E-state index contributed by atoms with van der Waals surface area (Å²) < 4.78 is 0. The van der Waals surface area contributed by atoms with Gasteiger partial charge in [-0.2, -0.15) is 0 Å². The van der Waals surface area contributed by atoms with Gasteiger partial charge in [-0.25, -0.2) is 9.78 Å². The summed E-state index contributed by atoms with van der Waals surface area (Å²) in [5.74, 6) is -0.926. The lowest BCUT2D eigenvalue weighted by Crippen LogP contribution is -1.95. The highest BCUT2D eigenvalue weighted by Crippen LogP contribution is 2.29. The largest absolute Gasteiger partial charge is 0.478 e. The molecule has 0 saturated heterocycles. The Labute approximate surface area is 174 Å². The molecule has 0 saturated carbocycles. The van der Waals surface area contributed by atoms with E-state index in [1.807, 2.05) is 24.3 Å². The van der Waals surface area contributed by atoms with E-state index in [4.69, 9.17) is 4.98 Å². The van der Waals surface area contributed by atoms with Gasteiger partial charge in [0, 0.05) is 10.8 Å². The normalized spacial score (nSPS) is 11.1. The second-order valence-corrected chi connectivity index (χ2v) is 7.56. The molecule has 30 heavy (non-hydrogen) atoms. The van der Waals surface area contributed by atoms with Crippen LogP contribution in [0.1, 0.15) is 15.9 Å². The van der Waals surface area contributed by atoms with Crippen LogP contribution in [0.3, 0.4) is 0 Å². The lowest BCUT2D eigenvalue weighted by Gasteiger charge is -2.08. The van der Waals surface area contributed by atoms with Gasteiger partial charge in [-0.1, -0.05) is 66.2 Å². The van der Waals surface area contributed by atoms with Crippen molar-refractivity contribution in [3.8, 4) is 22.3 Å². The number of aromatic nitrogens is 1. The molecule has 0 spiro atoms. The summed E-state index contributed by atoms with van der Waals surface area (Å²) in [7, 11) is 0. The van der Waals surface area contributed by atoms with Gasteiger partial charge in [0.25, 0.3) is 0 Å². The Balaban J connectivity index is 1.63. The van der Waals surface area contributed by atoms with Crippen LogP contribution in [-0.2, 0) is 0 Å². The molecular formula is C27H19NO2. The van der Waals surface area contributed by atoms with E-state index in [2.05, 4.69) is 55.5 Å². The summed E-state index contributed by atoms with van der Waals surface area (Å²) in [4.78, 5) is 16.2. The van der Waals surface area contributed by atoms with Gasteiger partial charge in [-0.15, -0.1) is 0 Å². The highest BCUT2D eigenvalue weighted by molar-refractivity contribution is 5.96. The lowest BCUT2D eigenvalue weighted by atomic mass is 9.99. The molecule has 144 valence electrons. The maximum absolute atomic E-state index is 11.3. The van der Waals surface area contributed by atoms with Gasteiger partial charge in [0.2, 0.25) is 0 Å². The third-order valence-electron chi connectivity index (χ3n) is 5.41. The van der Waals surface area contributed by atoms with E-state index in [1.165, 1.54) is 11.1 Å². The van der Waals surface area contributed by atoms with E-state index >= 15 is 0 Å². The molecule has 1 heterocycles. The number of hydrogen-bond donors (Lipinski definition) is 1.